The van der Waals surface area contributed by atoms with Crippen LogP contribution in [0.2, 0.25) is 10.0 Å². The van der Waals surface area contributed by atoms with Crippen LogP contribution in [0.25, 0.3) is 0 Å². The third-order valence-corrected chi connectivity index (χ3v) is 2.41. The summed E-state index contributed by atoms with van der Waals surface area (Å²) in [6, 6.07) is 1.98. The van der Waals surface area contributed by atoms with Gasteiger partial charge in [-0.05, 0) is 12.1 Å². The van der Waals surface area contributed by atoms with E-state index in [-0.39, 0.29) is 34.4 Å². The lowest BCUT2D eigenvalue weighted by atomic mass is 10.3. The summed E-state index contributed by atoms with van der Waals surface area (Å²) in [5.74, 6) is -1.33. The van der Waals surface area contributed by atoms with Crippen LogP contribution < -0.4 is 10.6 Å². The van der Waals surface area contributed by atoms with E-state index in [1.165, 1.54) is 12.1 Å². The van der Waals surface area contributed by atoms with Crippen molar-refractivity contribution in [1.82, 2.24) is 5.32 Å². The highest BCUT2D eigenvalue weighted by Crippen LogP contribution is 2.34. The molecule has 0 spiro atoms. The molecule has 18 heavy (non-hydrogen) atoms. The summed E-state index contributed by atoms with van der Waals surface area (Å²) in [4.78, 5) is 21.6. The molecule has 0 heterocycles. The monoisotopic (exact) mass is 292 g/mol. The molecule has 0 aliphatic rings. The van der Waals surface area contributed by atoms with Crippen LogP contribution in [0.4, 0.5) is 10.5 Å². The zero-order chi connectivity index (χ0) is 13.7. The van der Waals surface area contributed by atoms with Crippen molar-refractivity contribution in [2.45, 2.75) is 6.42 Å². The number of aromatic hydroxyl groups is 1. The van der Waals surface area contributed by atoms with E-state index in [4.69, 9.17) is 28.3 Å². The fraction of sp³-hybridized carbons (Fsp3) is 0.200. The van der Waals surface area contributed by atoms with Gasteiger partial charge in [0.2, 0.25) is 0 Å². The molecule has 0 radical (unpaired) electrons. The van der Waals surface area contributed by atoms with Gasteiger partial charge in [-0.2, -0.15) is 0 Å². The van der Waals surface area contributed by atoms with Crippen molar-refractivity contribution in [3.63, 3.8) is 0 Å². The predicted molar refractivity (Wildman–Crippen MR) is 67.4 cm³/mol. The quantitative estimate of drug-likeness (QED) is 0.640. The summed E-state index contributed by atoms with van der Waals surface area (Å²) in [5, 5.41) is 22.8. The largest absolute Gasteiger partial charge is 0.504 e. The standard InChI is InChI=1S/C10H10Cl2N2O4/c11-5-3-6(12)9(17)7(4-5)14-10(18)13-2-1-8(15)16/h3-4,17H,1-2H2,(H,15,16)(H2,13,14,18). The molecule has 0 aliphatic carbocycles. The molecule has 0 atom stereocenters. The van der Waals surface area contributed by atoms with E-state index in [2.05, 4.69) is 10.6 Å². The highest BCUT2D eigenvalue weighted by Gasteiger charge is 2.10. The zero-order valence-corrected chi connectivity index (χ0v) is 10.5. The van der Waals surface area contributed by atoms with E-state index in [0.717, 1.165) is 0 Å². The molecule has 1 aromatic carbocycles. The van der Waals surface area contributed by atoms with Gasteiger partial charge in [-0.25, -0.2) is 4.79 Å². The lowest BCUT2D eigenvalue weighted by Gasteiger charge is -2.09. The van der Waals surface area contributed by atoms with E-state index in [0.29, 0.717) is 0 Å². The van der Waals surface area contributed by atoms with E-state index in [9.17, 15) is 14.7 Å². The van der Waals surface area contributed by atoms with Gasteiger partial charge in [-0.15, -0.1) is 0 Å². The van der Waals surface area contributed by atoms with E-state index in [1.807, 2.05) is 0 Å². The number of carboxylic acid groups (broad SMARTS) is 1. The summed E-state index contributed by atoms with van der Waals surface area (Å²) >= 11 is 11.4. The summed E-state index contributed by atoms with van der Waals surface area (Å²) < 4.78 is 0. The number of benzene rings is 1. The minimum absolute atomic E-state index is 0.00309. The Morgan fingerprint density at radius 2 is 1.94 bits per heavy atom. The molecular weight excluding hydrogens is 283 g/mol. The van der Waals surface area contributed by atoms with Gasteiger partial charge in [0, 0.05) is 11.6 Å². The summed E-state index contributed by atoms with van der Waals surface area (Å²) in [6.45, 7) is -0.0315. The number of hydrogen-bond donors (Lipinski definition) is 4. The second-order valence-corrected chi connectivity index (χ2v) is 4.15. The number of nitrogens with one attached hydrogen (secondary N) is 2. The van der Waals surface area contributed by atoms with E-state index < -0.39 is 12.0 Å². The molecule has 6 nitrogen and oxygen atoms in total. The predicted octanol–water partition coefficient (Wildman–Crippen LogP) is 2.30. The van der Waals surface area contributed by atoms with Crippen molar-refractivity contribution in [1.29, 1.82) is 0 Å². The molecule has 0 saturated heterocycles. The molecule has 1 aromatic rings. The smallest absolute Gasteiger partial charge is 0.319 e. The third kappa shape index (κ3) is 4.31. The number of carbonyl (C=O) groups excluding carboxylic acids is 1. The Morgan fingerprint density at radius 1 is 1.28 bits per heavy atom. The van der Waals surface area contributed by atoms with Crippen molar-refractivity contribution >= 4 is 40.9 Å². The molecule has 98 valence electrons. The van der Waals surface area contributed by atoms with Crippen LogP contribution >= 0.6 is 23.2 Å². The number of aliphatic carboxylic acids is 1. The number of carbonyl (C=O) groups is 2. The first kappa shape index (κ1) is 14.4. The topological polar surface area (TPSA) is 98.7 Å². The maximum atomic E-state index is 11.4. The highest BCUT2D eigenvalue weighted by atomic mass is 35.5. The van der Waals surface area contributed by atoms with Crippen LogP contribution in [0.1, 0.15) is 6.42 Å². The highest BCUT2D eigenvalue weighted by molar-refractivity contribution is 6.36. The molecule has 4 N–H and O–H groups in total. The van der Waals surface area contributed by atoms with Gasteiger partial charge >= 0.3 is 12.0 Å². The summed E-state index contributed by atoms with van der Waals surface area (Å²) in [6.07, 6.45) is -0.199. The molecule has 0 fully saturated rings. The zero-order valence-electron chi connectivity index (χ0n) is 9.04. The van der Waals surface area contributed by atoms with E-state index in [1.54, 1.807) is 0 Å². The Hall–Kier alpha value is -1.66. The molecule has 2 amide bonds. The molecule has 1 rings (SSSR count). The number of rotatable bonds is 4. The average molecular weight is 293 g/mol. The molecular formula is C10H10Cl2N2O4. The number of phenols is 1. The van der Waals surface area contributed by atoms with E-state index >= 15 is 0 Å². The van der Waals surface area contributed by atoms with Gasteiger partial charge < -0.3 is 20.8 Å². The summed E-state index contributed by atoms with van der Waals surface area (Å²) in [5.41, 5.74) is 0.0420. The number of carboxylic acids is 1. The molecule has 8 heteroatoms. The first-order chi connectivity index (χ1) is 8.40. The van der Waals surface area contributed by atoms with Crippen molar-refractivity contribution in [3.05, 3.63) is 22.2 Å². The normalized spacial score (nSPS) is 9.89. The van der Waals surface area contributed by atoms with Gasteiger partial charge in [-0.3, -0.25) is 4.79 Å². The van der Waals surface area contributed by atoms with Gasteiger partial charge in [0.1, 0.15) is 0 Å². The second kappa shape index (κ2) is 6.32. The Morgan fingerprint density at radius 3 is 2.56 bits per heavy atom. The first-order valence-corrected chi connectivity index (χ1v) is 5.60. The van der Waals surface area contributed by atoms with Crippen LogP contribution in [-0.4, -0.2) is 28.8 Å². The Balaban J connectivity index is 2.62. The fourth-order valence-electron chi connectivity index (χ4n) is 1.11. The molecule has 0 saturated carbocycles. The van der Waals surface area contributed by atoms with Crippen molar-refractivity contribution in [2.24, 2.45) is 0 Å². The summed E-state index contributed by atoms with van der Waals surface area (Å²) in [7, 11) is 0. The van der Waals surface area contributed by atoms with Crippen LogP contribution in [0.5, 0.6) is 5.75 Å². The van der Waals surface area contributed by atoms with Crippen molar-refractivity contribution in [2.75, 3.05) is 11.9 Å². The van der Waals surface area contributed by atoms with Crippen molar-refractivity contribution in [3.8, 4) is 5.75 Å². The molecule has 0 aromatic heterocycles. The van der Waals surface area contributed by atoms with Crippen molar-refractivity contribution < 1.29 is 19.8 Å². The first-order valence-electron chi connectivity index (χ1n) is 4.85. The van der Waals surface area contributed by atoms with Gasteiger partial charge in [0.05, 0.1) is 17.1 Å². The number of halogens is 2. The molecule has 0 aliphatic heterocycles. The maximum Gasteiger partial charge on any atom is 0.319 e. The van der Waals surface area contributed by atoms with Gasteiger partial charge in [0.15, 0.2) is 5.75 Å². The van der Waals surface area contributed by atoms with Gasteiger partial charge in [0.25, 0.3) is 0 Å². The molecule has 0 bridgehead atoms. The van der Waals surface area contributed by atoms with Crippen LogP contribution in [-0.2, 0) is 4.79 Å². The number of anilines is 1. The van der Waals surface area contributed by atoms with Crippen LogP contribution in [0.15, 0.2) is 12.1 Å². The number of amides is 2. The van der Waals surface area contributed by atoms with Crippen LogP contribution in [0, 0.1) is 0 Å². The minimum atomic E-state index is -1.02. The number of urea groups is 1. The second-order valence-electron chi connectivity index (χ2n) is 3.31. The fourth-order valence-corrected chi connectivity index (χ4v) is 1.60. The number of phenolic OH excluding ortho intramolecular Hbond substituents is 1. The Kier molecular flexibility index (Phi) is 5.06. The lowest BCUT2D eigenvalue weighted by molar-refractivity contribution is -0.136. The minimum Gasteiger partial charge on any atom is -0.504 e. The third-order valence-electron chi connectivity index (χ3n) is 1.90. The Bertz CT molecular complexity index is 479. The average Bonchev–Trinajstić information content (AvgIpc) is 2.24. The maximum absolute atomic E-state index is 11.4. The lowest BCUT2D eigenvalue weighted by Crippen LogP contribution is -2.30. The van der Waals surface area contributed by atoms with Gasteiger partial charge in [-0.1, -0.05) is 23.2 Å². The SMILES string of the molecule is O=C(O)CCNC(=O)Nc1cc(Cl)cc(Cl)c1O. The van der Waals surface area contributed by atoms with Crippen LogP contribution in [0.3, 0.4) is 0 Å². The molecule has 0 unspecified atom stereocenters. The Labute approximate surface area is 113 Å². The number of hydrogen-bond acceptors (Lipinski definition) is 3.